The second-order valence-electron chi connectivity index (χ2n) is 7.11. The predicted octanol–water partition coefficient (Wildman–Crippen LogP) is 2.55. The number of ketones is 1. The Balaban J connectivity index is 2.09. The van der Waals surface area contributed by atoms with E-state index in [0.717, 1.165) is 5.69 Å². The van der Waals surface area contributed by atoms with Gasteiger partial charge in [0.1, 0.15) is 17.7 Å². The van der Waals surface area contributed by atoms with Crippen LogP contribution < -0.4 is 16.2 Å². The van der Waals surface area contributed by atoms with E-state index in [1.807, 2.05) is 25.1 Å². The van der Waals surface area contributed by atoms with Crippen LogP contribution in [-0.4, -0.2) is 26.9 Å². The molecule has 1 unspecified atom stereocenters. The molecular weight excluding hydrogens is 356 g/mol. The molecule has 0 saturated carbocycles. The molecule has 0 amide bonds. The Morgan fingerprint density at radius 3 is 2.71 bits per heavy atom. The highest BCUT2D eigenvalue weighted by atomic mass is 16.5. The van der Waals surface area contributed by atoms with Gasteiger partial charge < -0.3 is 15.5 Å². The third-order valence-electron chi connectivity index (χ3n) is 5.43. The van der Waals surface area contributed by atoms with Gasteiger partial charge in [0, 0.05) is 23.0 Å². The number of benzene rings is 1. The molecule has 2 aromatic heterocycles. The molecule has 1 aliphatic rings. The molecule has 0 aliphatic carbocycles. The average Bonchev–Trinajstić information content (AvgIpc) is 3.02. The lowest BCUT2D eigenvalue weighted by molar-refractivity contribution is -0.111. The van der Waals surface area contributed by atoms with Gasteiger partial charge in [0.25, 0.3) is 0 Å². The van der Waals surface area contributed by atoms with Crippen LogP contribution in [0.3, 0.4) is 0 Å². The van der Waals surface area contributed by atoms with Crippen molar-refractivity contribution in [2.75, 3.05) is 6.61 Å². The molecular formula is C21H22N4O3. The van der Waals surface area contributed by atoms with Gasteiger partial charge in [-0.05, 0) is 44.5 Å². The van der Waals surface area contributed by atoms with Crippen molar-refractivity contribution in [1.82, 2.24) is 14.5 Å². The number of rotatable bonds is 4. The summed E-state index contributed by atoms with van der Waals surface area (Å²) in [5.41, 5.74) is 8.46. The number of ether oxygens (including phenoxy) is 1. The standard InChI is InChI=1S/C21H22N4O3/c1-4-21(16-7-5-6-10-23-16)11-28-19-14(17(12(2)22)13(3)26)8-9-15-18(19)25(21)20(27)24-15/h5-10H,4,11,22H2,1-3H3,(H,24,27). The Morgan fingerprint density at radius 2 is 2.11 bits per heavy atom. The number of carbonyl (C=O) groups excluding carboxylic acids is 1. The Labute approximate surface area is 161 Å². The number of nitrogens with one attached hydrogen (secondary N) is 1. The molecule has 0 radical (unpaired) electrons. The quantitative estimate of drug-likeness (QED) is 0.679. The predicted molar refractivity (Wildman–Crippen MR) is 107 cm³/mol. The summed E-state index contributed by atoms with van der Waals surface area (Å²) in [6, 6.07) is 9.19. The van der Waals surface area contributed by atoms with E-state index in [4.69, 9.17) is 10.5 Å². The summed E-state index contributed by atoms with van der Waals surface area (Å²) in [5.74, 6) is 0.339. The van der Waals surface area contributed by atoms with E-state index in [9.17, 15) is 9.59 Å². The molecule has 4 rings (SSSR count). The molecule has 1 aromatic carbocycles. The van der Waals surface area contributed by atoms with Crippen LogP contribution in [-0.2, 0) is 10.3 Å². The van der Waals surface area contributed by atoms with Crippen molar-refractivity contribution in [1.29, 1.82) is 0 Å². The van der Waals surface area contributed by atoms with E-state index in [0.29, 0.717) is 40.0 Å². The van der Waals surface area contributed by atoms with Crippen molar-refractivity contribution in [2.45, 2.75) is 32.7 Å². The molecule has 0 saturated heterocycles. The zero-order valence-electron chi connectivity index (χ0n) is 16.1. The summed E-state index contributed by atoms with van der Waals surface area (Å²) in [7, 11) is 0. The molecule has 3 heterocycles. The number of hydrogen-bond acceptors (Lipinski definition) is 5. The summed E-state index contributed by atoms with van der Waals surface area (Å²) in [5, 5.41) is 0. The first kappa shape index (κ1) is 18.0. The molecule has 7 heteroatoms. The van der Waals surface area contributed by atoms with Crippen LogP contribution in [0.25, 0.3) is 16.6 Å². The number of carbonyl (C=O) groups is 1. The van der Waals surface area contributed by atoms with E-state index in [-0.39, 0.29) is 18.1 Å². The van der Waals surface area contributed by atoms with Gasteiger partial charge in [-0.3, -0.25) is 14.3 Å². The van der Waals surface area contributed by atoms with Crippen LogP contribution in [0.4, 0.5) is 0 Å². The normalized spacial score (nSPS) is 19.2. The highest BCUT2D eigenvalue weighted by molar-refractivity contribution is 6.21. The minimum atomic E-state index is -0.736. The van der Waals surface area contributed by atoms with Crippen molar-refractivity contribution in [3.63, 3.8) is 0 Å². The number of H-pyrrole nitrogens is 1. The summed E-state index contributed by atoms with van der Waals surface area (Å²) in [6.07, 6.45) is 2.33. The first-order chi connectivity index (χ1) is 13.4. The summed E-state index contributed by atoms with van der Waals surface area (Å²) in [6.45, 7) is 5.39. The molecule has 7 nitrogen and oxygen atoms in total. The zero-order valence-corrected chi connectivity index (χ0v) is 16.1. The average molecular weight is 378 g/mol. The van der Waals surface area contributed by atoms with Crippen LogP contribution in [0, 0.1) is 0 Å². The molecule has 0 spiro atoms. The molecule has 3 aromatic rings. The van der Waals surface area contributed by atoms with E-state index in [1.165, 1.54) is 6.92 Å². The summed E-state index contributed by atoms with van der Waals surface area (Å²) < 4.78 is 7.94. The highest BCUT2D eigenvalue weighted by Crippen LogP contribution is 2.42. The van der Waals surface area contributed by atoms with Crippen LogP contribution in [0.15, 0.2) is 47.0 Å². The molecule has 0 bridgehead atoms. The van der Waals surface area contributed by atoms with E-state index in [2.05, 4.69) is 9.97 Å². The number of aromatic amines is 1. The SMILES string of the molecule is CCC1(c2ccccn2)COc2c(C(C(C)=O)=C(C)N)ccc3[nH]c(=O)n1c23. The fourth-order valence-electron chi connectivity index (χ4n) is 4.12. The van der Waals surface area contributed by atoms with Gasteiger partial charge in [-0.1, -0.05) is 13.0 Å². The van der Waals surface area contributed by atoms with Gasteiger partial charge in [0.15, 0.2) is 11.5 Å². The second kappa shape index (κ2) is 6.37. The van der Waals surface area contributed by atoms with E-state index in [1.54, 1.807) is 29.8 Å². The number of hydrogen-bond donors (Lipinski definition) is 2. The minimum absolute atomic E-state index is 0.152. The largest absolute Gasteiger partial charge is 0.488 e. The fourth-order valence-corrected chi connectivity index (χ4v) is 4.12. The smallest absolute Gasteiger partial charge is 0.327 e. The number of nitrogens with zero attached hydrogens (tertiary/aromatic N) is 2. The molecule has 144 valence electrons. The fraction of sp³-hybridized carbons (Fsp3) is 0.286. The van der Waals surface area contributed by atoms with Crippen molar-refractivity contribution >= 4 is 22.4 Å². The minimum Gasteiger partial charge on any atom is -0.488 e. The maximum absolute atomic E-state index is 13.0. The van der Waals surface area contributed by atoms with Crippen LogP contribution >= 0.6 is 0 Å². The number of Topliss-reactive ketones (excluding diaryl/α,β-unsaturated/α-hetero) is 1. The third kappa shape index (κ3) is 2.39. The number of imidazole rings is 1. The summed E-state index contributed by atoms with van der Waals surface area (Å²) >= 11 is 0. The Morgan fingerprint density at radius 1 is 1.32 bits per heavy atom. The Kier molecular flexibility index (Phi) is 4.10. The van der Waals surface area contributed by atoms with Crippen molar-refractivity contribution < 1.29 is 9.53 Å². The number of allylic oxidation sites excluding steroid dienone is 2. The van der Waals surface area contributed by atoms with Gasteiger partial charge in [0.2, 0.25) is 0 Å². The molecule has 0 fully saturated rings. The van der Waals surface area contributed by atoms with Gasteiger partial charge in [-0.15, -0.1) is 0 Å². The van der Waals surface area contributed by atoms with Gasteiger partial charge in [0.05, 0.1) is 11.2 Å². The Bertz CT molecular complexity index is 1170. The zero-order chi connectivity index (χ0) is 20.1. The lowest BCUT2D eigenvalue weighted by Gasteiger charge is -2.37. The lowest BCUT2D eigenvalue weighted by atomic mass is 9.89. The van der Waals surface area contributed by atoms with Crippen LogP contribution in [0.5, 0.6) is 5.75 Å². The van der Waals surface area contributed by atoms with E-state index < -0.39 is 5.54 Å². The Hall–Kier alpha value is -3.35. The number of aromatic nitrogens is 3. The first-order valence-electron chi connectivity index (χ1n) is 9.21. The molecule has 3 N–H and O–H groups in total. The van der Waals surface area contributed by atoms with Gasteiger partial charge in [-0.2, -0.15) is 0 Å². The first-order valence-corrected chi connectivity index (χ1v) is 9.21. The summed E-state index contributed by atoms with van der Waals surface area (Å²) in [4.78, 5) is 32.6. The lowest BCUT2D eigenvalue weighted by Crippen LogP contribution is -2.48. The van der Waals surface area contributed by atoms with E-state index >= 15 is 0 Å². The van der Waals surface area contributed by atoms with Crippen molar-refractivity contribution in [3.05, 3.63) is 64.0 Å². The van der Waals surface area contributed by atoms with Crippen LogP contribution in [0.2, 0.25) is 0 Å². The third-order valence-corrected chi connectivity index (χ3v) is 5.43. The van der Waals surface area contributed by atoms with Gasteiger partial charge in [-0.25, -0.2) is 4.79 Å². The molecule has 1 atom stereocenters. The molecule has 1 aliphatic heterocycles. The topological polar surface area (TPSA) is 103 Å². The number of nitrogens with two attached hydrogens (primary N) is 1. The molecule has 28 heavy (non-hydrogen) atoms. The van der Waals surface area contributed by atoms with Gasteiger partial charge >= 0.3 is 5.69 Å². The highest BCUT2D eigenvalue weighted by Gasteiger charge is 2.42. The van der Waals surface area contributed by atoms with Crippen LogP contribution in [0.1, 0.15) is 38.4 Å². The maximum Gasteiger partial charge on any atom is 0.327 e. The number of pyridine rings is 1. The second-order valence-corrected chi connectivity index (χ2v) is 7.11. The van der Waals surface area contributed by atoms with Crippen molar-refractivity contribution in [2.24, 2.45) is 5.73 Å². The maximum atomic E-state index is 13.0. The van der Waals surface area contributed by atoms with Crippen molar-refractivity contribution in [3.8, 4) is 5.75 Å². The monoisotopic (exact) mass is 378 g/mol.